The zero-order chi connectivity index (χ0) is 115. The van der Waals surface area contributed by atoms with E-state index in [1.165, 1.54) is 133 Å². The van der Waals surface area contributed by atoms with Gasteiger partial charge in [0.1, 0.15) is 0 Å². The molecule has 4 aromatic heterocycles. The van der Waals surface area contributed by atoms with Crippen LogP contribution in [-0.4, -0.2) is 18.3 Å². The summed E-state index contributed by atoms with van der Waals surface area (Å²) in [4.78, 5) is 0. The van der Waals surface area contributed by atoms with E-state index in [1.54, 1.807) is 19.9 Å². The van der Waals surface area contributed by atoms with Crippen LogP contribution in [-0.2, 0) is 43.3 Å². The summed E-state index contributed by atoms with van der Waals surface area (Å²) in [6, 6.07) is 112. The van der Waals surface area contributed by atoms with Crippen LogP contribution < -0.4 is 0 Å². The Balaban J connectivity index is 0.000000159. The van der Waals surface area contributed by atoms with E-state index < -0.39 is 23.5 Å². The fraction of sp³-hybridized carbons (Fsp3) is 0.260. The minimum absolute atomic E-state index is 0. The van der Waals surface area contributed by atoms with Crippen molar-refractivity contribution in [3.63, 3.8) is 0 Å². The van der Waals surface area contributed by atoms with E-state index in [9.17, 15) is 0 Å². The molecule has 0 aliphatic carbocycles. The van der Waals surface area contributed by atoms with E-state index in [0.29, 0.717) is 33.3 Å². The molecule has 764 valence electrons. The second-order valence-electron chi connectivity index (χ2n) is 47.6. The molecule has 0 spiro atoms. The summed E-state index contributed by atoms with van der Waals surface area (Å²) in [5.74, 6) is 0. The van der Waals surface area contributed by atoms with Crippen LogP contribution in [0.4, 0.5) is 0 Å². The molecule has 0 bridgehead atoms. The number of nitrogens with zero attached hydrogens (tertiary/aromatic N) is 4. The zero-order valence-corrected chi connectivity index (χ0v) is 89.9. The summed E-state index contributed by atoms with van der Waals surface area (Å²) >= 11 is 0. The summed E-state index contributed by atoms with van der Waals surface area (Å²) < 4.78 is 121. The molecule has 0 saturated heterocycles. The molecule has 0 aliphatic heterocycles. The van der Waals surface area contributed by atoms with Gasteiger partial charge in [0.25, 0.3) is 0 Å². The number of hydrogen-bond acceptors (Lipinski definition) is 0. The third-order valence-corrected chi connectivity index (χ3v) is 28.6. The fourth-order valence-electron chi connectivity index (χ4n) is 21.7. The number of para-hydroxylation sites is 4. The van der Waals surface area contributed by atoms with E-state index in [2.05, 4.69) is 408 Å². The first kappa shape index (κ1) is 92.5. The number of aromatic nitrogens is 4. The van der Waals surface area contributed by atoms with Gasteiger partial charge in [-0.25, -0.2) is 0 Å². The summed E-state index contributed by atoms with van der Waals surface area (Å²) in [6.45, 7) is 57.2. The Hall–Kier alpha value is -14.8. The summed E-state index contributed by atoms with van der Waals surface area (Å²) in [6.07, 6.45) is 0. The first-order chi connectivity index (χ1) is 74.8. The highest BCUT2D eigenvalue weighted by molar-refractivity contribution is 6.17. The average molecular weight is 1980 g/mol. The molecule has 0 saturated carbocycles. The lowest BCUT2D eigenvalue weighted by Crippen LogP contribution is -2.17. The second-order valence-corrected chi connectivity index (χ2v) is 47.6. The average Bonchev–Trinajstić information content (AvgIpc) is 1.66. The normalized spacial score (nSPS) is 13.3. The molecule has 0 atom stereocenters. The number of benzene rings is 18. The monoisotopic (exact) mass is 1980 g/mol. The van der Waals surface area contributed by atoms with Crippen LogP contribution in [0, 0.1) is 13.8 Å². The number of hydrogen-bond donors (Lipinski definition) is 0. The minimum atomic E-state index is -0.538. The molecular formula is C146H160N4. The van der Waals surface area contributed by atoms with Gasteiger partial charge >= 0.3 is 0 Å². The topological polar surface area (TPSA) is 19.7 Å². The highest BCUT2D eigenvalue weighted by Crippen LogP contribution is 2.51. The van der Waals surface area contributed by atoms with Gasteiger partial charge in [-0.05, 0) is 242 Å². The molecule has 0 N–H and O–H groups in total. The van der Waals surface area contributed by atoms with Gasteiger partial charge in [-0.2, -0.15) is 0 Å². The van der Waals surface area contributed by atoms with Crippen molar-refractivity contribution in [2.24, 2.45) is 0 Å². The summed E-state index contributed by atoms with van der Waals surface area (Å²) in [7, 11) is 0. The van der Waals surface area contributed by atoms with Crippen molar-refractivity contribution in [1.29, 1.82) is 0 Å². The molecule has 22 rings (SSSR count). The first-order valence-corrected chi connectivity index (χ1v) is 51.5. The van der Waals surface area contributed by atoms with Gasteiger partial charge in [0.15, 0.2) is 0 Å². The predicted molar refractivity (Wildman–Crippen MR) is 662 cm³/mol. The fourth-order valence-corrected chi connectivity index (χ4v) is 21.7. The van der Waals surface area contributed by atoms with Crippen molar-refractivity contribution in [1.82, 2.24) is 18.3 Å². The van der Waals surface area contributed by atoms with E-state index in [-0.39, 0.29) is 139 Å². The lowest BCUT2D eigenvalue weighted by molar-refractivity contribution is 0.588. The van der Waals surface area contributed by atoms with Crippen molar-refractivity contribution < 1.29 is 17.8 Å². The molecule has 0 unspecified atom stereocenters. The van der Waals surface area contributed by atoms with Crippen LogP contribution >= 0.6 is 0 Å². The SMILES string of the molecule is C.C.C.C.CC(C)(C)c1c(-c2ccccc2)cccc1-n1c2ccccc2c2cccc(-c3ccccc3)c21.CC(C)(C)c1ccc2c(c1)c1cc(C(C)(C)C)ccc1n2-c1cccc(-c2ccccc2)c1C(C)(C)C.[2H]c1c([2H])c(C)c([2H])c(-c2cccc(-n3c4ccc(C(C)(C)C)cc4c4cc(C(C)(C)C)ccc43)c2C(C)(C)C)c1[2H].[2H]c1c([2H])c([2H])c(-c2cccc3c4ccccc4n(-c4cccc(-c5c([2H])c([2H])c([2H])c(C)c5[2H])c4C(C)(C)C)c23)c([2H])c1[2H]. The Morgan fingerprint density at radius 2 is 0.413 bits per heavy atom. The molecule has 4 nitrogen and oxygen atoms in total. The molecule has 4 heteroatoms. The standard InChI is InChI=1S/C37H43N.C36H41N.C35H31N.C34H29N.4CH4/c1-24-13-11-14-25(21-24)28-15-12-16-33(34(28)37(8,9)10)38-31-19-17-26(35(2,3)4)22-29(31)30-23-27(36(5,6)7)18-20-32(30)38;1-34(2,3)25-18-20-30-28(22-25)29-23-26(35(4,5)6)19-21-31(29)37(30)32-17-13-16-27(33(32)36(7,8)9)24-14-11-10-12-15-24;1-24-13-10-16-26(23-24)27-18-12-22-32(33(27)35(2,3)4)36-31-21-9-8-17-29(31)30-20-11-19-28(34(30)36)25-14-6-5-7-15-25;1-34(2,3)32-26(24-14-6-4-7-15-24)19-13-23-31(32)35-30-22-11-10-18-28(30)29-21-12-20-27(33(29)35)25-16-8-5-9-17-25;;;;/h11-23H,1-10H3;10-23H,1-9H3;5-23H,1-4H3;4-23H,1-3H3;4*1H4/i11D,13D,14D,21D;;5D,6D,7D,10D,13D,14D,15D,16D,23D;;;;;. The molecule has 22 aromatic rings. The molecule has 150 heavy (non-hydrogen) atoms. The highest BCUT2D eigenvalue weighted by atomic mass is 15.0. The molecule has 18 aromatic carbocycles. The molecule has 0 radical (unpaired) electrons. The highest BCUT2D eigenvalue weighted by Gasteiger charge is 2.34. The van der Waals surface area contributed by atoms with Crippen molar-refractivity contribution >= 4 is 87.2 Å². The quantitative estimate of drug-likeness (QED) is 0.130. The Labute approximate surface area is 915 Å². The van der Waals surface area contributed by atoms with Gasteiger partial charge in [0.2, 0.25) is 0 Å². The van der Waals surface area contributed by atoms with Crippen LogP contribution in [0.15, 0.2) is 400 Å². The van der Waals surface area contributed by atoms with Gasteiger partial charge in [-0.3, -0.25) is 0 Å². The van der Waals surface area contributed by atoms with Crippen LogP contribution in [0.2, 0.25) is 0 Å². The summed E-state index contributed by atoms with van der Waals surface area (Å²) in [5.41, 5.74) is 33.1. The van der Waals surface area contributed by atoms with Crippen LogP contribution in [0.1, 0.15) is 269 Å². The number of rotatable bonds is 10. The second kappa shape index (κ2) is 42.3. The molecular weight excluding hydrogens is 1810 g/mol. The van der Waals surface area contributed by atoms with E-state index in [4.69, 9.17) is 17.8 Å². The Kier molecular flexibility index (Phi) is 26.1. The Morgan fingerprint density at radius 1 is 0.180 bits per heavy atom. The maximum atomic E-state index is 8.95. The van der Waals surface area contributed by atoms with E-state index in [0.717, 1.165) is 55.4 Å². The molecule has 4 heterocycles. The Morgan fingerprint density at radius 3 is 0.707 bits per heavy atom. The van der Waals surface area contributed by atoms with Gasteiger partial charge < -0.3 is 18.3 Å². The van der Waals surface area contributed by atoms with Crippen LogP contribution in [0.3, 0.4) is 0 Å². The van der Waals surface area contributed by atoms with Gasteiger partial charge in [0.05, 0.1) is 84.7 Å². The zero-order valence-electron chi connectivity index (χ0n) is 103. The van der Waals surface area contributed by atoms with E-state index in [1.807, 2.05) is 92.1 Å². The lowest BCUT2D eigenvalue weighted by Gasteiger charge is -2.28. The first-order valence-electron chi connectivity index (χ1n) is 58.0. The van der Waals surface area contributed by atoms with Gasteiger partial charge in [0, 0.05) is 54.2 Å². The molecule has 0 aliphatic rings. The maximum absolute atomic E-state index is 8.95. The molecule has 0 fully saturated rings. The maximum Gasteiger partial charge on any atom is 0.0632 e. The van der Waals surface area contributed by atoms with Crippen LogP contribution in [0.5, 0.6) is 0 Å². The van der Waals surface area contributed by atoms with Crippen molar-refractivity contribution in [2.75, 3.05) is 0 Å². The minimum Gasteiger partial charge on any atom is -0.309 e. The molecule has 0 amide bonds. The van der Waals surface area contributed by atoms with Crippen molar-refractivity contribution in [3.05, 3.63) is 456 Å². The predicted octanol–water partition coefficient (Wildman–Crippen LogP) is 42.7. The number of fused-ring (bicyclic) bond motifs is 12. The van der Waals surface area contributed by atoms with Crippen LogP contribution in [0.25, 0.3) is 177 Å². The van der Waals surface area contributed by atoms with Gasteiger partial charge in [-0.15, -0.1) is 0 Å². The summed E-state index contributed by atoms with van der Waals surface area (Å²) in [5, 5.41) is 9.40. The largest absolute Gasteiger partial charge is 0.309 e. The third kappa shape index (κ3) is 21.2. The van der Waals surface area contributed by atoms with Crippen molar-refractivity contribution in [3.8, 4) is 89.5 Å². The third-order valence-electron chi connectivity index (χ3n) is 28.6. The van der Waals surface area contributed by atoms with Crippen molar-refractivity contribution in [2.45, 2.75) is 253 Å². The lowest BCUT2D eigenvalue weighted by atomic mass is 9.80. The van der Waals surface area contributed by atoms with Gasteiger partial charge in [-0.1, -0.05) is 522 Å². The van der Waals surface area contributed by atoms with E-state index >= 15 is 0 Å². The Bertz CT molecular complexity index is 9280. The smallest absolute Gasteiger partial charge is 0.0632 e.